The Labute approximate surface area is 114 Å². The summed E-state index contributed by atoms with van der Waals surface area (Å²) in [5.41, 5.74) is 2.22. The van der Waals surface area contributed by atoms with E-state index in [2.05, 4.69) is 9.97 Å². The van der Waals surface area contributed by atoms with Crippen LogP contribution in [0.3, 0.4) is 0 Å². The van der Waals surface area contributed by atoms with Crippen LogP contribution in [-0.2, 0) is 0 Å². The summed E-state index contributed by atoms with van der Waals surface area (Å²) in [5.74, 6) is 0. The molecule has 0 spiro atoms. The van der Waals surface area contributed by atoms with Crippen LogP contribution in [-0.4, -0.2) is 9.97 Å². The molecule has 0 bridgehead atoms. The highest BCUT2D eigenvalue weighted by Crippen LogP contribution is 2.25. The minimum absolute atomic E-state index is 0.370. The van der Waals surface area contributed by atoms with E-state index in [1.165, 1.54) is 0 Å². The summed E-state index contributed by atoms with van der Waals surface area (Å²) in [6.45, 7) is 0. The van der Waals surface area contributed by atoms with Gasteiger partial charge in [0.2, 0.25) is 0 Å². The molecule has 0 aliphatic heterocycles. The van der Waals surface area contributed by atoms with Crippen molar-refractivity contribution in [2.24, 2.45) is 0 Å². The molecule has 2 aromatic heterocycles. The second-order valence-corrected chi connectivity index (χ2v) is 4.36. The number of rotatable bonds is 0. The normalized spacial score (nSPS) is 11.0. The Bertz CT molecular complexity index is 888. The summed E-state index contributed by atoms with van der Waals surface area (Å²) in [5, 5.41) is 1.94. The average molecular weight is 262 g/mol. The first-order valence-electron chi connectivity index (χ1n) is 6.27. The first-order valence-corrected chi connectivity index (χ1v) is 6.27. The molecule has 0 atom stereocenters. The summed E-state index contributed by atoms with van der Waals surface area (Å²) in [6, 6.07) is 15.6. The molecule has 0 fully saturated rings. The van der Waals surface area contributed by atoms with Crippen molar-refractivity contribution in [3.8, 4) is 0 Å². The van der Waals surface area contributed by atoms with Crippen molar-refractivity contribution in [3.63, 3.8) is 0 Å². The highest BCUT2D eigenvalue weighted by molar-refractivity contribution is 6.01. The van der Waals surface area contributed by atoms with Gasteiger partial charge in [-0.1, -0.05) is 36.4 Å². The van der Waals surface area contributed by atoms with Crippen LogP contribution in [0, 0.1) is 0 Å². The van der Waals surface area contributed by atoms with Gasteiger partial charge in [0.05, 0.1) is 0 Å². The predicted octanol–water partition coefficient (Wildman–Crippen LogP) is 4.25. The highest BCUT2D eigenvalue weighted by atomic mass is 16.4. The van der Waals surface area contributed by atoms with E-state index in [0.29, 0.717) is 11.4 Å². The minimum Gasteiger partial charge on any atom is -0.434 e. The van der Waals surface area contributed by atoms with Gasteiger partial charge in [0.25, 0.3) is 11.4 Å². The lowest BCUT2D eigenvalue weighted by Crippen LogP contribution is -1.82. The fraction of sp³-hybridized carbons (Fsp3) is 0. The van der Waals surface area contributed by atoms with Gasteiger partial charge in [-0.05, 0) is 12.1 Å². The molecule has 4 heteroatoms. The summed E-state index contributed by atoms with van der Waals surface area (Å²) >= 11 is 0. The molecule has 0 aliphatic carbocycles. The molecule has 4 rings (SSSR count). The molecule has 0 radical (unpaired) electrons. The van der Waals surface area contributed by atoms with Crippen LogP contribution in [0.15, 0.2) is 69.8 Å². The Morgan fingerprint density at radius 2 is 1.05 bits per heavy atom. The van der Waals surface area contributed by atoms with E-state index < -0.39 is 0 Å². The second kappa shape index (κ2) is 4.35. The molecule has 2 heterocycles. The van der Waals surface area contributed by atoms with Gasteiger partial charge >= 0.3 is 0 Å². The zero-order valence-corrected chi connectivity index (χ0v) is 10.5. The second-order valence-electron chi connectivity index (χ2n) is 4.36. The predicted molar refractivity (Wildman–Crippen MR) is 76.7 cm³/mol. The highest BCUT2D eigenvalue weighted by Gasteiger charge is 2.04. The molecule has 0 saturated heterocycles. The molecule has 0 unspecified atom stereocenters. The Morgan fingerprint density at radius 1 is 0.600 bits per heavy atom. The van der Waals surface area contributed by atoms with Crippen LogP contribution in [0.5, 0.6) is 0 Å². The van der Waals surface area contributed by atoms with E-state index in [0.717, 1.165) is 21.9 Å². The molecule has 20 heavy (non-hydrogen) atoms. The Hall–Kier alpha value is -2.88. The lowest BCUT2D eigenvalue weighted by atomic mass is 10.1. The summed E-state index contributed by atoms with van der Waals surface area (Å²) in [4.78, 5) is 8.37. The quantitative estimate of drug-likeness (QED) is 0.475. The zero-order chi connectivity index (χ0) is 13.4. The Balaban J connectivity index is 2.37. The third kappa shape index (κ3) is 1.70. The van der Waals surface area contributed by atoms with Crippen LogP contribution in [0.25, 0.3) is 33.4 Å². The maximum absolute atomic E-state index is 5.84. The van der Waals surface area contributed by atoms with E-state index in [1.54, 1.807) is 12.4 Å². The SMILES string of the molecule is c1ccc2c(c1)oc1nccnc1oc1ccccc12. The first-order chi connectivity index (χ1) is 9.92. The number of para-hydroxylation sites is 2. The van der Waals surface area contributed by atoms with Crippen molar-refractivity contribution in [2.45, 2.75) is 0 Å². The van der Waals surface area contributed by atoms with Gasteiger partial charge in [-0.3, -0.25) is 0 Å². The maximum Gasteiger partial charge on any atom is 0.284 e. The summed E-state index contributed by atoms with van der Waals surface area (Å²) < 4.78 is 11.7. The van der Waals surface area contributed by atoms with E-state index in [1.807, 2.05) is 48.5 Å². The molecule has 0 N–H and O–H groups in total. The van der Waals surface area contributed by atoms with Crippen molar-refractivity contribution in [2.75, 3.05) is 0 Å². The van der Waals surface area contributed by atoms with Gasteiger partial charge in [0.1, 0.15) is 11.2 Å². The minimum atomic E-state index is 0.370. The van der Waals surface area contributed by atoms with Crippen molar-refractivity contribution in [1.29, 1.82) is 0 Å². The topological polar surface area (TPSA) is 52.1 Å². The number of fused-ring (bicyclic) bond motifs is 4. The van der Waals surface area contributed by atoms with Crippen LogP contribution in [0.4, 0.5) is 0 Å². The van der Waals surface area contributed by atoms with Crippen molar-refractivity contribution in [1.82, 2.24) is 9.97 Å². The largest absolute Gasteiger partial charge is 0.434 e. The maximum atomic E-state index is 5.84. The molecule has 96 valence electrons. The Kier molecular flexibility index (Phi) is 2.39. The zero-order valence-electron chi connectivity index (χ0n) is 10.5. The number of hydrogen-bond donors (Lipinski definition) is 0. The van der Waals surface area contributed by atoms with E-state index in [9.17, 15) is 0 Å². The van der Waals surface area contributed by atoms with Crippen LogP contribution in [0.1, 0.15) is 0 Å². The lowest BCUT2D eigenvalue weighted by Gasteiger charge is -2.01. The molecule has 0 amide bonds. The van der Waals surface area contributed by atoms with Crippen LogP contribution < -0.4 is 0 Å². The van der Waals surface area contributed by atoms with E-state index in [4.69, 9.17) is 8.83 Å². The molecular weight excluding hydrogens is 252 g/mol. The fourth-order valence-electron chi connectivity index (χ4n) is 2.22. The third-order valence-corrected chi connectivity index (χ3v) is 3.11. The van der Waals surface area contributed by atoms with Crippen molar-refractivity contribution < 1.29 is 8.83 Å². The average Bonchev–Trinajstić information content (AvgIpc) is 2.48. The molecule has 2 aromatic carbocycles. The number of benzene rings is 2. The molecule has 0 aliphatic rings. The molecule has 4 aromatic rings. The van der Waals surface area contributed by atoms with Gasteiger partial charge < -0.3 is 8.83 Å². The van der Waals surface area contributed by atoms with Crippen LogP contribution >= 0.6 is 0 Å². The standard InChI is InChI=1S/C16H10N2O2/c1-3-7-13-11(5-1)12-6-2-4-8-14(12)20-16-15(19-13)17-9-10-18-16/h1-10H. The van der Waals surface area contributed by atoms with Gasteiger partial charge in [0, 0.05) is 23.2 Å². The van der Waals surface area contributed by atoms with Gasteiger partial charge in [0.15, 0.2) is 0 Å². The first kappa shape index (κ1) is 11.0. The number of nitrogens with zero attached hydrogens (tertiary/aromatic N) is 2. The van der Waals surface area contributed by atoms with Gasteiger partial charge in [-0.2, -0.15) is 0 Å². The van der Waals surface area contributed by atoms with Crippen LogP contribution in [0.2, 0.25) is 0 Å². The van der Waals surface area contributed by atoms with Crippen molar-refractivity contribution >= 4 is 33.4 Å². The third-order valence-electron chi connectivity index (χ3n) is 3.11. The molecule has 0 saturated carbocycles. The van der Waals surface area contributed by atoms with Crippen molar-refractivity contribution in [3.05, 3.63) is 60.9 Å². The molecular formula is C16H10N2O2. The summed E-state index contributed by atoms with van der Waals surface area (Å²) in [7, 11) is 0. The Morgan fingerprint density at radius 3 is 1.55 bits per heavy atom. The monoisotopic (exact) mass is 262 g/mol. The fourth-order valence-corrected chi connectivity index (χ4v) is 2.22. The van der Waals surface area contributed by atoms with Gasteiger partial charge in [-0.25, -0.2) is 9.97 Å². The molecule has 4 nitrogen and oxygen atoms in total. The van der Waals surface area contributed by atoms with E-state index >= 15 is 0 Å². The van der Waals surface area contributed by atoms with E-state index in [-0.39, 0.29) is 0 Å². The summed E-state index contributed by atoms with van der Waals surface area (Å²) in [6.07, 6.45) is 3.16. The number of hydrogen-bond acceptors (Lipinski definition) is 4. The lowest BCUT2D eigenvalue weighted by molar-refractivity contribution is 0.596. The van der Waals surface area contributed by atoms with Gasteiger partial charge in [-0.15, -0.1) is 0 Å². The number of aromatic nitrogens is 2. The smallest absolute Gasteiger partial charge is 0.284 e.